The summed E-state index contributed by atoms with van der Waals surface area (Å²) >= 11 is 0. The number of hydrogen-bond donors (Lipinski definition) is 2. The second-order valence-corrected chi connectivity index (χ2v) is 7.13. The van der Waals surface area contributed by atoms with Gasteiger partial charge in [0.1, 0.15) is 0 Å². The van der Waals surface area contributed by atoms with Crippen LogP contribution in [0.15, 0.2) is 35.3 Å². The van der Waals surface area contributed by atoms with Crippen molar-refractivity contribution in [2.45, 2.75) is 52.0 Å². The highest BCUT2D eigenvalue weighted by Crippen LogP contribution is 2.19. The lowest BCUT2D eigenvalue weighted by molar-refractivity contribution is 0.460. The summed E-state index contributed by atoms with van der Waals surface area (Å²) in [5, 5.41) is 7.05. The fourth-order valence-corrected chi connectivity index (χ4v) is 3.19. The number of rotatable bonds is 7. The summed E-state index contributed by atoms with van der Waals surface area (Å²) in [6, 6.07) is 11.2. The zero-order valence-electron chi connectivity index (χ0n) is 15.6. The van der Waals surface area contributed by atoms with Gasteiger partial charge in [0.25, 0.3) is 0 Å². The van der Waals surface area contributed by atoms with Crippen molar-refractivity contribution >= 4 is 11.6 Å². The van der Waals surface area contributed by atoms with Crippen LogP contribution < -0.4 is 15.5 Å². The van der Waals surface area contributed by atoms with Crippen molar-refractivity contribution < 1.29 is 0 Å². The first-order chi connectivity index (χ1) is 11.7. The quantitative estimate of drug-likeness (QED) is 0.455. The van der Waals surface area contributed by atoms with Gasteiger partial charge in [-0.25, -0.2) is 0 Å². The van der Waals surface area contributed by atoms with Gasteiger partial charge < -0.3 is 15.5 Å². The number of nitrogens with one attached hydrogen (secondary N) is 2. The number of para-hydroxylation sites is 1. The van der Waals surface area contributed by atoms with Crippen molar-refractivity contribution in [3.8, 4) is 0 Å². The van der Waals surface area contributed by atoms with E-state index in [0.29, 0.717) is 6.04 Å². The first kappa shape index (κ1) is 18.6. The van der Waals surface area contributed by atoms with E-state index < -0.39 is 0 Å². The summed E-state index contributed by atoms with van der Waals surface area (Å²) < 4.78 is 0. The molecule has 0 saturated carbocycles. The van der Waals surface area contributed by atoms with Gasteiger partial charge in [-0.3, -0.25) is 4.99 Å². The lowest BCUT2D eigenvalue weighted by Crippen LogP contribution is -2.48. The summed E-state index contributed by atoms with van der Waals surface area (Å²) in [6.07, 6.45) is 6.12. The van der Waals surface area contributed by atoms with Crippen LogP contribution in [0.2, 0.25) is 0 Å². The van der Waals surface area contributed by atoms with Crippen LogP contribution in [-0.2, 0) is 0 Å². The minimum absolute atomic E-state index is 0.520. The Kier molecular flexibility index (Phi) is 7.93. The first-order valence-corrected chi connectivity index (χ1v) is 9.46. The predicted octanol–water partition coefficient (Wildman–Crippen LogP) is 3.65. The number of hydrogen-bond acceptors (Lipinski definition) is 2. The van der Waals surface area contributed by atoms with Crippen LogP contribution in [0.4, 0.5) is 5.69 Å². The van der Waals surface area contributed by atoms with Gasteiger partial charge in [0.05, 0.1) is 0 Å². The molecule has 1 aromatic rings. The molecule has 4 nitrogen and oxygen atoms in total. The van der Waals surface area contributed by atoms with Crippen molar-refractivity contribution in [2.75, 3.05) is 31.6 Å². The Morgan fingerprint density at radius 2 is 1.88 bits per heavy atom. The third-order valence-corrected chi connectivity index (χ3v) is 4.68. The van der Waals surface area contributed by atoms with E-state index in [9.17, 15) is 0 Å². The standard InChI is InChI=1S/C20H34N4/c1-17(2)9-7-8-14-22-20(21-3)23-18-12-15-24(16-13-18)19-10-5-4-6-11-19/h4-6,10-11,17-18H,7-9,12-16H2,1-3H3,(H2,21,22,23). The normalized spacial score (nSPS) is 16.5. The zero-order valence-corrected chi connectivity index (χ0v) is 15.6. The van der Waals surface area contributed by atoms with Crippen LogP contribution in [-0.4, -0.2) is 38.7 Å². The topological polar surface area (TPSA) is 39.7 Å². The lowest BCUT2D eigenvalue weighted by Gasteiger charge is -2.34. The highest BCUT2D eigenvalue weighted by molar-refractivity contribution is 5.79. The molecule has 134 valence electrons. The minimum Gasteiger partial charge on any atom is -0.371 e. The molecule has 1 saturated heterocycles. The highest BCUT2D eigenvalue weighted by atomic mass is 15.2. The molecule has 1 heterocycles. The van der Waals surface area contributed by atoms with E-state index in [2.05, 4.69) is 64.7 Å². The number of guanidine groups is 1. The fourth-order valence-electron chi connectivity index (χ4n) is 3.19. The number of anilines is 1. The first-order valence-electron chi connectivity index (χ1n) is 9.46. The molecule has 24 heavy (non-hydrogen) atoms. The maximum absolute atomic E-state index is 4.37. The molecule has 0 unspecified atom stereocenters. The maximum atomic E-state index is 4.37. The molecule has 1 aliphatic heterocycles. The summed E-state index contributed by atoms with van der Waals surface area (Å²) in [4.78, 5) is 6.85. The molecule has 0 atom stereocenters. The molecule has 2 rings (SSSR count). The molecular weight excluding hydrogens is 296 g/mol. The van der Waals surface area contributed by atoms with Crippen molar-refractivity contribution in [1.29, 1.82) is 0 Å². The SMILES string of the molecule is CN=C(NCCCCC(C)C)NC1CCN(c2ccccc2)CC1. The number of nitrogens with zero attached hydrogens (tertiary/aromatic N) is 2. The van der Waals surface area contributed by atoms with Crippen LogP contribution in [0, 0.1) is 5.92 Å². The lowest BCUT2D eigenvalue weighted by atomic mass is 10.0. The minimum atomic E-state index is 0.520. The second-order valence-electron chi connectivity index (χ2n) is 7.13. The Labute approximate surface area is 147 Å². The largest absolute Gasteiger partial charge is 0.371 e. The molecule has 0 amide bonds. The van der Waals surface area contributed by atoms with Gasteiger partial charge in [0.2, 0.25) is 0 Å². The molecule has 0 aromatic heterocycles. The average molecular weight is 331 g/mol. The second kappa shape index (κ2) is 10.2. The monoisotopic (exact) mass is 330 g/mol. The van der Waals surface area contributed by atoms with Gasteiger partial charge >= 0.3 is 0 Å². The maximum Gasteiger partial charge on any atom is 0.191 e. The van der Waals surface area contributed by atoms with Gasteiger partial charge in [-0.2, -0.15) is 0 Å². The molecule has 2 N–H and O–H groups in total. The van der Waals surface area contributed by atoms with E-state index in [0.717, 1.165) is 44.4 Å². The summed E-state index contributed by atoms with van der Waals surface area (Å²) in [5.74, 6) is 1.76. The van der Waals surface area contributed by atoms with Gasteiger partial charge in [-0.05, 0) is 37.3 Å². The summed E-state index contributed by atoms with van der Waals surface area (Å²) in [7, 11) is 1.86. The van der Waals surface area contributed by atoms with Gasteiger partial charge in [0, 0.05) is 38.4 Å². The molecular formula is C20H34N4. The fraction of sp³-hybridized carbons (Fsp3) is 0.650. The van der Waals surface area contributed by atoms with Gasteiger partial charge in [0.15, 0.2) is 5.96 Å². The Morgan fingerprint density at radius 3 is 2.50 bits per heavy atom. The van der Waals surface area contributed by atoms with Crippen molar-refractivity contribution in [2.24, 2.45) is 10.9 Å². The summed E-state index contributed by atoms with van der Waals surface area (Å²) in [5.41, 5.74) is 1.34. The molecule has 0 aliphatic carbocycles. The van der Waals surface area contributed by atoms with E-state index in [1.54, 1.807) is 0 Å². The number of benzene rings is 1. The van der Waals surface area contributed by atoms with Crippen LogP contribution in [0.3, 0.4) is 0 Å². The average Bonchev–Trinajstić information content (AvgIpc) is 2.61. The molecule has 0 spiro atoms. The number of unbranched alkanes of at least 4 members (excludes halogenated alkanes) is 1. The highest BCUT2D eigenvalue weighted by Gasteiger charge is 2.19. The Bertz CT molecular complexity index is 476. The van der Waals surface area contributed by atoms with Crippen molar-refractivity contribution in [1.82, 2.24) is 10.6 Å². The molecule has 1 fully saturated rings. The van der Waals surface area contributed by atoms with Crippen LogP contribution in [0.1, 0.15) is 46.0 Å². The number of aliphatic imine (C=N–C) groups is 1. The van der Waals surface area contributed by atoms with Crippen molar-refractivity contribution in [3.05, 3.63) is 30.3 Å². The van der Waals surface area contributed by atoms with Crippen LogP contribution in [0.25, 0.3) is 0 Å². The summed E-state index contributed by atoms with van der Waals surface area (Å²) in [6.45, 7) is 7.79. The third-order valence-electron chi connectivity index (χ3n) is 4.68. The predicted molar refractivity (Wildman–Crippen MR) is 105 cm³/mol. The van der Waals surface area contributed by atoms with E-state index in [-0.39, 0.29) is 0 Å². The smallest absolute Gasteiger partial charge is 0.191 e. The van der Waals surface area contributed by atoms with E-state index >= 15 is 0 Å². The van der Waals surface area contributed by atoms with Crippen LogP contribution in [0.5, 0.6) is 0 Å². The molecule has 0 radical (unpaired) electrons. The Hall–Kier alpha value is -1.71. The zero-order chi connectivity index (χ0) is 17.2. The van der Waals surface area contributed by atoms with Crippen molar-refractivity contribution in [3.63, 3.8) is 0 Å². The van der Waals surface area contributed by atoms with Crippen LogP contribution >= 0.6 is 0 Å². The third kappa shape index (κ3) is 6.42. The molecule has 4 heteroatoms. The van der Waals surface area contributed by atoms with Gasteiger partial charge in [-0.1, -0.05) is 44.9 Å². The Morgan fingerprint density at radius 1 is 1.17 bits per heavy atom. The molecule has 0 bridgehead atoms. The van der Waals surface area contributed by atoms with E-state index in [1.165, 1.54) is 24.9 Å². The Balaban J connectivity index is 1.66. The number of piperidine rings is 1. The molecule has 1 aromatic carbocycles. The van der Waals surface area contributed by atoms with E-state index in [4.69, 9.17) is 0 Å². The van der Waals surface area contributed by atoms with E-state index in [1.807, 2.05) is 7.05 Å². The van der Waals surface area contributed by atoms with Gasteiger partial charge in [-0.15, -0.1) is 0 Å². The molecule has 1 aliphatic rings.